The minimum Gasteiger partial charge on any atom is -0.481 e. The Bertz CT molecular complexity index is 464. The van der Waals surface area contributed by atoms with E-state index in [1.54, 1.807) is 24.0 Å². The lowest BCUT2D eigenvalue weighted by atomic mass is 10.1. The van der Waals surface area contributed by atoms with Gasteiger partial charge in [0.25, 0.3) is 0 Å². The molecule has 1 atom stereocenters. The number of carbonyl (C=O) groups is 2. The molecule has 0 bridgehead atoms. The highest BCUT2D eigenvalue weighted by atomic mass is 35.5. The molecule has 0 aliphatic rings. The van der Waals surface area contributed by atoms with Crippen molar-refractivity contribution in [2.75, 3.05) is 18.0 Å². The van der Waals surface area contributed by atoms with E-state index in [1.165, 1.54) is 6.20 Å². The van der Waals surface area contributed by atoms with Gasteiger partial charge in [-0.3, -0.25) is 9.59 Å². The first-order valence-corrected chi connectivity index (χ1v) is 6.59. The molecule has 1 aromatic rings. The van der Waals surface area contributed by atoms with Crippen LogP contribution in [0.4, 0.5) is 5.82 Å². The van der Waals surface area contributed by atoms with E-state index < -0.39 is 17.9 Å². The van der Waals surface area contributed by atoms with E-state index >= 15 is 0 Å². The lowest BCUT2D eigenvalue weighted by molar-refractivity contribution is -0.141. The zero-order chi connectivity index (χ0) is 15.1. The van der Waals surface area contributed by atoms with E-state index in [-0.39, 0.29) is 13.0 Å². The first kappa shape index (κ1) is 16.2. The molecule has 6 nitrogen and oxygen atoms in total. The third-order valence-corrected chi connectivity index (χ3v) is 2.99. The van der Waals surface area contributed by atoms with Gasteiger partial charge in [-0.25, -0.2) is 4.98 Å². The number of hydrogen-bond donors (Lipinski definition) is 2. The monoisotopic (exact) mass is 300 g/mol. The number of aromatic nitrogens is 1. The zero-order valence-corrected chi connectivity index (χ0v) is 11.9. The van der Waals surface area contributed by atoms with Gasteiger partial charge in [0.1, 0.15) is 5.82 Å². The first-order chi connectivity index (χ1) is 9.40. The number of pyridine rings is 1. The van der Waals surface area contributed by atoms with Gasteiger partial charge in [0.15, 0.2) is 0 Å². The number of aliphatic carboxylic acids is 2. The Labute approximate surface area is 122 Å². The van der Waals surface area contributed by atoms with Crippen LogP contribution in [0.15, 0.2) is 18.3 Å². The maximum absolute atomic E-state index is 10.9. The molecule has 1 unspecified atom stereocenters. The predicted molar refractivity (Wildman–Crippen MR) is 75.1 cm³/mol. The fraction of sp³-hybridized carbons (Fsp3) is 0.462. The molecule has 0 aliphatic heterocycles. The van der Waals surface area contributed by atoms with Gasteiger partial charge >= 0.3 is 11.9 Å². The molecule has 7 heteroatoms. The summed E-state index contributed by atoms with van der Waals surface area (Å²) in [7, 11) is 0. The minimum atomic E-state index is -0.901. The van der Waals surface area contributed by atoms with Crippen LogP contribution in [0, 0.1) is 5.92 Å². The topological polar surface area (TPSA) is 90.7 Å². The molecular weight excluding hydrogens is 284 g/mol. The van der Waals surface area contributed by atoms with Gasteiger partial charge in [0.2, 0.25) is 0 Å². The van der Waals surface area contributed by atoms with Crippen molar-refractivity contribution < 1.29 is 19.8 Å². The number of halogens is 1. The predicted octanol–water partition coefficient (Wildman–Crippen LogP) is 2.13. The van der Waals surface area contributed by atoms with Gasteiger partial charge in [-0.1, -0.05) is 18.5 Å². The number of anilines is 1. The van der Waals surface area contributed by atoms with Crippen LogP contribution in [0.3, 0.4) is 0 Å². The number of rotatable bonds is 8. The van der Waals surface area contributed by atoms with Crippen molar-refractivity contribution in [2.45, 2.75) is 19.8 Å². The fourth-order valence-corrected chi connectivity index (χ4v) is 1.80. The minimum absolute atomic E-state index is 0.0333. The Kier molecular flexibility index (Phi) is 6.24. The van der Waals surface area contributed by atoms with Crippen molar-refractivity contribution >= 4 is 29.4 Å². The summed E-state index contributed by atoms with van der Waals surface area (Å²) in [6, 6.07) is 3.36. The summed E-state index contributed by atoms with van der Waals surface area (Å²) >= 11 is 5.77. The molecule has 20 heavy (non-hydrogen) atoms. The van der Waals surface area contributed by atoms with Crippen LogP contribution in [-0.4, -0.2) is 40.2 Å². The summed E-state index contributed by atoms with van der Waals surface area (Å²) in [5.74, 6) is -1.76. The highest BCUT2D eigenvalue weighted by Gasteiger charge is 2.17. The normalized spacial score (nSPS) is 11.9. The summed E-state index contributed by atoms with van der Waals surface area (Å²) in [4.78, 5) is 27.4. The molecule has 0 aliphatic carbocycles. The largest absolute Gasteiger partial charge is 0.481 e. The zero-order valence-electron chi connectivity index (χ0n) is 11.1. The summed E-state index contributed by atoms with van der Waals surface area (Å²) in [6.07, 6.45) is 1.93. The molecule has 0 saturated carbocycles. The van der Waals surface area contributed by atoms with E-state index in [9.17, 15) is 9.59 Å². The Balaban J connectivity index is 2.74. The Morgan fingerprint density at radius 1 is 1.40 bits per heavy atom. The lowest BCUT2D eigenvalue weighted by Gasteiger charge is -2.25. The standard InChI is InChI=1S/C13H17ClN2O4/c1-9(13(19)20)8-16(6-2-3-12(17)18)11-5-4-10(14)7-15-11/h4-5,7,9H,2-3,6,8H2,1H3,(H,17,18)(H,19,20). The second-order valence-electron chi connectivity index (χ2n) is 4.52. The van der Waals surface area contributed by atoms with Crippen LogP contribution in [0.2, 0.25) is 5.02 Å². The first-order valence-electron chi connectivity index (χ1n) is 6.21. The third kappa shape index (κ3) is 5.44. The average Bonchev–Trinajstić information content (AvgIpc) is 2.37. The van der Waals surface area contributed by atoms with Crippen molar-refractivity contribution in [3.63, 3.8) is 0 Å². The molecule has 0 amide bonds. The van der Waals surface area contributed by atoms with Crippen LogP contribution >= 0.6 is 11.6 Å². The molecular formula is C13H17ClN2O4. The number of hydrogen-bond acceptors (Lipinski definition) is 4. The lowest BCUT2D eigenvalue weighted by Crippen LogP contribution is -2.33. The second-order valence-corrected chi connectivity index (χ2v) is 4.95. The van der Waals surface area contributed by atoms with E-state index in [1.807, 2.05) is 0 Å². The molecule has 2 N–H and O–H groups in total. The Morgan fingerprint density at radius 2 is 2.10 bits per heavy atom. The highest BCUT2D eigenvalue weighted by molar-refractivity contribution is 6.30. The fourth-order valence-electron chi connectivity index (χ4n) is 1.68. The molecule has 0 aromatic carbocycles. The molecule has 0 radical (unpaired) electrons. The van der Waals surface area contributed by atoms with Crippen LogP contribution in [0.25, 0.3) is 0 Å². The maximum Gasteiger partial charge on any atom is 0.308 e. The van der Waals surface area contributed by atoms with E-state index in [0.717, 1.165) is 0 Å². The van der Waals surface area contributed by atoms with Gasteiger partial charge in [0, 0.05) is 25.7 Å². The quantitative estimate of drug-likeness (QED) is 0.764. The van der Waals surface area contributed by atoms with Gasteiger partial charge < -0.3 is 15.1 Å². The molecule has 110 valence electrons. The van der Waals surface area contributed by atoms with Crippen molar-refractivity contribution in [3.05, 3.63) is 23.4 Å². The molecule has 0 fully saturated rings. The van der Waals surface area contributed by atoms with Crippen LogP contribution in [0.5, 0.6) is 0 Å². The Hall–Kier alpha value is -1.82. The van der Waals surface area contributed by atoms with Gasteiger partial charge in [-0.2, -0.15) is 0 Å². The van der Waals surface area contributed by atoms with E-state index in [4.69, 9.17) is 21.8 Å². The Morgan fingerprint density at radius 3 is 2.60 bits per heavy atom. The van der Waals surface area contributed by atoms with Crippen molar-refractivity contribution in [1.29, 1.82) is 0 Å². The summed E-state index contributed by atoms with van der Waals surface area (Å²) in [6.45, 7) is 2.30. The van der Waals surface area contributed by atoms with E-state index in [0.29, 0.717) is 23.8 Å². The van der Waals surface area contributed by atoms with Crippen LogP contribution in [0.1, 0.15) is 19.8 Å². The SMILES string of the molecule is CC(CN(CCCC(=O)O)c1ccc(Cl)cn1)C(=O)O. The molecule has 0 saturated heterocycles. The van der Waals surface area contributed by atoms with Gasteiger partial charge in [-0.15, -0.1) is 0 Å². The van der Waals surface area contributed by atoms with Gasteiger partial charge in [-0.05, 0) is 18.6 Å². The summed E-state index contributed by atoms with van der Waals surface area (Å²) in [5.41, 5.74) is 0. The molecule has 0 spiro atoms. The third-order valence-electron chi connectivity index (χ3n) is 2.77. The second kappa shape index (κ2) is 7.69. The average molecular weight is 301 g/mol. The van der Waals surface area contributed by atoms with Crippen molar-refractivity contribution in [2.24, 2.45) is 5.92 Å². The van der Waals surface area contributed by atoms with Gasteiger partial charge in [0.05, 0.1) is 10.9 Å². The summed E-state index contributed by atoms with van der Waals surface area (Å²) in [5, 5.41) is 18.1. The smallest absolute Gasteiger partial charge is 0.308 e. The van der Waals surface area contributed by atoms with Crippen LogP contribution in [-0.2, 0) is 9.59 Å². The molecule has 1 aromatic heterocycles. The maximum atomic E-state index is 10.9. The van der Waals surface area contributed by atoms with E-state index in [2.05, 4.69) is 4.98 Å². The molecule has 1 rings (SSSR count). The number of carboxylic acid groups (broad SMARTS) is 2. The van der Waals surface area contributed by atoms with Crippen molar-refractivity contribution in [1.82, 2.24) is 4.98 Å². The number of nitrogens with zero attached hydrogens (tertiary/aromatic N) is 2. The molecule has 1 heterocycles. The number of carboxylic acids is 2. The van der Waals surface area contributed by atoms with Crippen LogP contribution < -0.4 is 4.90 Å². The highest BCUT2D eigenvalue weighted by Crippen LogP contribution is 2.16. The summed E-state index contributed by atoms with van der Waals surface area (Å²) < 4.78 is 0. The van der Waals surface area contributed by atoms with Crippen molar-refractivity contribution in [3.8, 4) is 0 Å².